The van der Waals surface area contributed by atoms with E-state index in [9.17, 15) is 9.90 Å². The van der Waals surface area contributed by atoms with Gasteiger partial charge in [0.1, 0.15) is 23.8 Å². The number of aliphatic carboxylic acids is 1. The molecule has 4 unspecified atom stereocenters. The van der Waals surface area contributed by atoms with Crippen LogP contribution in [0.15, 0.2) is 30.5 Å². The summed E-state index contributed by atoms with van der Waals surface area (Å²) >= 11 is 0. The Balaban J connectivity index is 1.07. The van der Waals surface area contributed by atoms with Crippen LogP contribution in [0.2, 0.25) is 0 Å². The summed E-state index contributed by atoms with van der Waals surface area (Å²) in [4.78, 5) is 19.4. The van der Waals surface area contributed by atoms with E-state index in [1.807, 2.05) is 33.8 Å². The van der Waals surface area contributed by atoms with Crippen molar-refractivity contribution < 1.29 is 23.8 Å². The van der Waals surface area contributed by atoms with Crippen molar-refractivity contribution in [2.45, 2.75) is 69.6 Å². The Labute approximate surface area is 240 Å². The molecule has 2 N–H and O–H groups in total. The van der Waals surface area contributed by atoms with Gasteiger partial charge in [-0.3, -0.25) is 14.4 Å². The lowest BCUT2D eigenvalue weighted by Crippen LogP contribution is -2.34. The molecule has 3 aromatic rings. The molecule has 6 rings (SSSR count). The molecule has 1 aromatic carbocycles. The fourth-order valence-electron chi connectivity index (χ4n) is 6.82. The number of rotatable bonds is 11. The molecule has 4 atom stereocenters. The van der Waals surface area contributed by atoms with Crippen LogP contribution in [0.1, 0.15) is 67.4 Å². The number of fused-ring (bicyclic) bond motifs is 2. The van der Waals surface area contributed by atoms with E-state index in [2.05, 4.69) is 10.4 Å². The summed E-state index contributed by atoms with van der Waals surface area (Å²) in [5.74, 6) is 0.722. The minimum Gasteiger partial charge on any atom is -0.496 e. The first-order valence-electron chi connectivity index (χ1n) is 15.0. The summed E-state index contributed by atoms with van der Waals surface area (Å²) in [6.45, 7) is 3.17. The number of nitrogens with zero attached hydrogens (tertiary/aromatic N) is 4. The second kappa shape index (κ2) is 12.3. The van der Waals surface area contributed by atoms with Crippen LogP contribution >= 0.6 is 0 Å². The number of para-hydroxylation sites is 1. The van der Waals surface area contributed by atoms with Crippen LogP contribution in [0.4, 0.5) is 10.2 Å². The van der Waals surface area contributed by atoms with Gasteiger partial charge in [-0.25, -0.2) is 9.37 Å². The highest BCUT2D eigenvalue weighted by Gasteiger charge is 2.38. The molecule has 2 aromatic heterocycles. The summed E-state index contributed by atoms with van der Waals surface area (Å²) in [6, 6.07) is 7.01. The van der Waals surface area contributed by atoms with E-state index >= 15 is 4.39 Å². The summed E-state index contributed by atoms with van der Waals surface area (Å²) in [6.07, 6.45) is 7.25. The van der Waals surface area contributed by atoms with Gasteiger partial charge in [-0.05, 0) is 51.5 Å². The zero-order valence-corrected chi connectivity index (χ0v) is 23.7. The molecule has 0 amide bonds. The standard InChI is InChI=1S/C31H40FN5O4/c1-40-27-16-22(35-30-24(27)9-5-13-33-30)7-2-3-10-26(32)21-11-14-36(18-21)29(31(38)39)25-8-4-6-20-17-34-37(28(20)25)23-12-15-41-19-23/h4,6,8,16-17,21,23,26,29H,2-3,5,7,9-15,18-19H2,1H3,(H,33,35)(H,38,39). The third kappa shape index (κ3) is 5.77. The van der Waals surface area contributed by atoms with Gasteiger partial charge in [-0.1, -0.05) is 24.6 Å². The number of nitrogens with one attached hydrogen (secondary N) is 1. The highest BCUT2D eigenvalue weighted by molar-refractivity contribution is 5.88. The molecule has 0 saturated carbocycles. The second-order valence-electron chi connectivity index (χ2n) is 11.6. The maximum absolute atomic E-state index is 15.4. The van der Waals surface area contributed by atoms with Crippen LogP contribution in [0, 0.1) is 5.92 Å². The number of aryl methyl sites for hydroxylation is 1. The number of hydrogen-bond acceptors (Lipinski definition) is 7. The number of aromatic nitrogens is 3. The van der Waals surface area contributed by atoms with Gasteiger partial charge in [0.15, 0.2) is 0 Å². The number of likely N-dealkylation sites (tertiary alicyclic amines) is 1. The fraction of sp³-hybridized carbons (Fsp3) is 0.581. The van der Waals surface area contributed by atoms with Crippen molar-refractivity contribution in [3.05, 3.63) is 47.3 Å². The number of carboxylic acid groups (broad SMARTS) is 1. The van der Waals surface area contributed by atoms with Crippen LogP contribution in [0.3, 0.4) is 0 Å². The molecule has 2 saturated heterocycles. The number of carboxylic acids is 1. The Kier molecular flexibility index (Phi) is 8.39. The lowest BCUT2D eigenvalue weighted by molar-refractivity contribution is -0.143. The van der Waals surface area contributed by atoms with Gasteiger partial charge in [-0.15, -0.1) is 0 Å². The monoisotopic (exact) mass is 565 g/mol. The van der Waals surface area contributed by atoms with Crippen LogP contribution in [-0.4, -0.2) is 76.9 Å². The van der Waals surface area contributed by atoms with Gasteiger partial charge in [0.05, 0.1) is 31.5 Å². The second-order valence-corrected chi connectivity index (χ2v) is 11.6. The Bertz CT molecular complexity index is 1360. The Hall–Kier alpha value is -3.24. The van der Waals surface area contributed by atoms with Crippen molar-refractivity contribution in [2.75, 3.05) is 45.3 Å². The smallest absolute Gasteiger partial charge is 0.325 e. The lowest BCUT2D eigenvalue weighted by atomic mass is 9.97. The number of benzene rings is 1. The molecule has 2 fully saturated rings. The molecule has 10 heteroatoms. The average Bonchev–Trinajstić information content (AvgIpc) is 3.76. The van der Waals surface area contributed by atoms with Crippen molar-refractivity contribution in [3.63, 3.8) is 0 Å². The number of halogens is 1. The first-order chi connectivity index (χ1) is 20.0. The maximum Gasteiger partial charge on any atom is 0.325 e. The van der Waals surface area contributed by atoms with Crippen molar-refractivity contribution >= 4 is 22.7 Å². The molecule has 41 heavy (non-hydrogen) atoms. The number of ether oxygens (including phenoxy) is 2. The number of unbranched alkanes of at least 4 members (excludes halogenated alkanes) is 1. The molecule has 220 valence electrons. The van der Waals surface area contributed by atoms with Gasteiger partial charge in [-0.2, -0.15) is 5.10 Å². The zero-order valence-electron chi connectivity index (χ0n) is 23.7. The SMILES string of the molecule is COc1cc(CCCCC(F)C2CCN(C(C(=O)O)c3cccc4cnn(C5CCOC5)c34)C2)nc2c1CCCN2. The first-order valence-corrected chi connectivity index (χ1v) is 15.0. The number of carbonyl (C=O) groups is 1. The molecule has 5 heterocycles. The normalized spacial score (nSPS) is 22.4. The Morgan fingerprint density at radius 3 is 3.02 bits per heavy atom. The largest absolute Gasteiger partial charge is 0.496 e. The molecule has 0 spiro atoms. The molecule has 0 radical (unpaired) electrons. The quantitative estimate of drug-likeness (QED) is 0.315. The molecular weight excluding hydrogens is 525 g/mol. The number of pyridine rings is 1. The van der Waals surface area contributed by atoms with Crippen LogP contribution in [0.25, 0.3) is 10.9 Å². The molecule has 3 aliphatic rings. The first kappa shape index (κ1) is 27.9. The molecule has 9 nitrogen and oxygen atoms in total. The van der Waals surface area contributed by atoms with Crippen molar-refractivity contribution in [1.29, 1.82) is 0 Å². The maximum atomic E-state index is 15.4. The lowest BCUT2D eigenvalue weighted by Gasteiger charge is -2.26. The molecule has 0 bridgehead atoms. The van der Waals surface area contributed by atoms with Crippen molar-refractivity contribution in [2.24, 2.45) is 5.92 Å². The third-order valence-electron chi connectivity index (χ3n) is 8.98. The fourth-order valence-corrected chi connectivity index (χ4v) is 6.82. The highest BCUT2D eigenvalue weighted by atomic mass is 19.1. The average molecular weight is 566 g/mol. The summed E-state index contributed by atoms with van der Waals surface area (Å²) in [7, 11) is 1.70. The minimum atomic E-state index is -0.959. The predicted molar refractivity (Wildman–Crippen MR) is 154 cm³/mol. The van der Waals surface area contributed by atoms with Gasteiger partial charge < -0.3 is 19.9 Å². The van der Waals surface area contributed by atoms with E-state index in [-0.39, 0.29) is 12.0 Å². The number of alkyl halides is 1. The summed E-state index contributed by atoms with van der Waals surface area (Å²) < 4.78 is 28.5. The number of hydrogen-bond donors (Lipinski definition) is 2. The zero-order chi connectivity index (χ0) is 28.3. The van der Waals surface area contributed by atoms with E-state index in [0.29, 0.717) is 39.1 Å². The van der Waals surface area contributed by atoms with E-state index in [4.69, 9.17) is 14.5 Å². The minimum absolute atomic E-state index is 0.0958. The Morgan fingerprint density at radius 1 is 1.32 bits per heavy atom. The number of anilines is 1. The van der Waals surface area contributed by atoms with Gasteiger partial charge in [0.25, 0.3) is 0 Å². The highest BCUT2D eigenvalue weighted by Crippen LogP contribution is 2.36. The van der Waals surface area contributed by atoms with E-state index in [1.54, 1.807) is 13.3 Å². The molecular formula is C31H40FN5O4. The predicted octanol–water partition coefficient (Wildman–Crippen LogP) is 4.96. The van der Waals surface area contributed by atoms with Gasteiger partial charge in [0, 0.05) is 53.9 Å². The van der Waals surface area contributed by atoms with Gasteiger partial charge >= 0.3 is 5.97 Å². The molecule has 0 aliphatic carbocycles. The van der Waals surface area contributed by atoms with E-state index < -0.39 is 18.2 Å². The summed E-state index contributed by atoms with van der Waals surface area (Å²) in [5, 5.41) is 19.2. The number of methoxy groups -OCH3 is 1. The van der Waals surface area contributed by atoms with E-state index in [1.165, 1.54) is 0 Å². The molecule has 3 aliphatic heterocycles. The van der Waals surface area contributed by atoms with Crippen LogP contribution in [0.5, 0.6) is 5.75 Å². The third-order valence-corrected chi connectivity index (χ3v) is 8.98. The van der Waals surface area contributed by atoms with E-state index in [0.717, 1.165) is 84.4 Å². The topological polar surface area (TPSA) is 102 Å². The van der Waals surface area contributed by atoms with Crippen LogP contribution < -0.4 is 10.1 Å². The van der Waals surface area contributed by atoms with Crippen molar-refractivity contribution in [1.82, 2.24) is 19.7 Å². The van der Waals surface area contributed by atoms with Crippen LogP contribution in [-0.2, 0) is 22.4 Å². The summed E-state index contributed by atoms with van der Waals surface area (Å²) in [5.41, 5.74) is 3.68. The van der Waals surface area contributed by atoms with Crippen molar-refractivity contribution in [3.8, 4) is 5.75 Å². The van der Waals surface area contributed by atoms with Gasteiger partial charge in [0.2, 0.25) is 0 Å². The Morgan fingerprint density at radius 2 is 2.22 bits per heavy atom.